The van der Waals surface area contributed by atoms with Crippen molar-refractivity contribution in [3.8, 4) is 11.5 Å². The van der Waals surface area contributed by atoms with Gasteiger partial charge in [-0.1, -0.05) is 0 Å². The molecule has 0 radical (unpaired) electrons. The first kappa shape index (κ1) is 16.8. The van der Waals surface area contributed by atoms with Crippen molar-refractivity contribution in [3.05, 3.63) is 24.3 Å². The lowest BCUT2D eigenvalue weighted by Crippen LogP contribution is -2.36. The number of nitrogens with one attached hydrogen (secondary N) is 1. The molecule has 0 saturated heterocycles. The first-order valence-electron chi connectivity index (χ1n) is 6.89. The highest BCUT2D eigenvalue weighted by molar-refractivity contribution is 5.83. The number of benzene rings is 1. The highest BCUT2D eigenvalue weighted by Crippen LogP contribution is 2.17. The van der Waals surface area contributed by atoms with Gasteiger partial charge in [0.2, 0.25) is 0 Å². The second-order valence-corrected chi connectivity index (χ2v) is 4.22. The molecule has 1 aromatic rings. The van der Waals surface area contributed by atoms with Gasteiger partial charge in [-0.2, -0.15) is 0 Å². The number of rotatable bonds is 8. The summed E-state index contributed by atoms with van der Waals surface area (Å²) in [6.07, 6.45) is -0.832. The fourth-order valence-electron chi connectivity index (χ4n) is 1.54. The second kappa shape index (κ2) is 8.84. The van der Waals surface area contributed by atoms with Gasteiger partial charge in [-0.3, -0.25) is 4.79 Å². The smallest absolute Gasteiger partial charge is 0.344 e. The Bertz CT molecular complexity index is 458. The highest BCUT2D eigenvalue weighted by Gasteiger charge is 2.17. The van der Waals surface area contributed by atoms with Crippen LogP contribution in [0.4, 0.5) is 0 Å². The maximum atomic E-state index is 11.6. The minimum atomic E-state index is -0.832. The summed E-state index contributed by atoms with van der Waals surface area (Å²) in [4.78, 5) is 23.0. The lowest BCUT2D eigenvalue weighted by atomic mass is 10.3. The van der Waals surface area contributed by atoms with Gasteiger partial charge in [0, 0.05) is 6.54 Å². The Morgan fingerprint density at radius 2 is 1.67 bits per heavy atom. The minimum absolute atomic E-state index is 0.252. The number of amides is 1. The molecule has 116 valence electrons. The van der Waals surface area contributed by atoms with Crippen molar-refractivity contribution in [1.82, 2.24) is 5.32 Å². The first-order chi connectivity index (χ1) is 10.1. The van der Waals surface area contributed by atoms with Crippen molar-refractivity contribution in [1.29, 1.82) is 0 Å². The molecule has 0 saturated carbocycles. The average Bonchev–Trinajstić information content (AvgIpc) is 2.47. The summed E-state index contributed by atoms with van der Waals surface area (Å²) in [6.45, 7) is 6.03. The monoisotopic (exact) mass is 295 g/mol. The Labute approximate surface area is 124 Å². The number of esters is 1. The third-order valence-electron chi connectivity index (χ3n) is 2.52. The van der Waals surface area contributed by atoms with Crippen LogP contribution in [0.5, 0.6) is 11.5 Å². The fraction of sp³-hybridized carbons (Fsp3) is 0.467. The van der Waals surface area contributed by atoms with Crippen LogP contribution in [0, 0.1) is 0 Å². The minimum Gasteiger partial charge on any atom is -0.494 e. The number of ether oxygens (including phenoxy) is 3. The lowest BCUT2D eigenvalue weighted by Gasteiger charge is -2.13. The summed E-state index contributed by atoms with van der Waals surface area (Å²) < 4.78 is 15.5. The maximum Gasteiger partial charge on any atom is 0.344 e. The Morgan fingerprint density at radius 1 is 1.10 bits per heavy atom. The van der Waals surface area contributed by atoms with Gasteiger partial charge < -0.3 is 19.5 Å². The summed E-state index contributed by atoms with van der Waals surface area (Å²) >= 11 is 0. The van der Waals surface area contributed by atoms with Gasteiger partial charge in [-0.25, -0.2) is 4.79 Å². The van der Waals surface area contributed by atoms with Crippen molar-refractivity contribution in [2.45, 2.75) is 26.9 Å². The molecule has 0 aliphatic carbocycles. The molecular weight excluding hydrogens is 274 g/mol. The topological polar surface area (TPSA) is 73.9 Å². The van der Waals surface area contributed by atoms with Crippen LogP contribution in [0.15, 0.2) is 24.3 Å². The molecule has 6 heteroatoms. The molecule has 0 spiro atoms. The largest absolute Gasteiger partial charge is 0.494 e. The molecule has 0 aromatic heterocycles. The molecule has 1 N–H and O–H groups in total. The van der Waals surface area contributed by atoms with E-state index in [1.165, 1.54) is 6.92 Å². The lowest BCUT2D eigenvalue weighted by molar-refractivity contribution is -0.156. The van der Waals surface area contributed by atoms with E-state index in [0.717, 1.165) is 5.75 Å². The Morgan fingerprint density at radius 3 is 2.19 bits per heavy atom. The van der Waals surface area contributed by atoms with Crippen LogP contribution >= 0.6 is 0 Å². The Kier molecular flexibility index (Phi) is 7.08. The van der Waals surface area contributed by atoms with Crippen LogP contribution in [0.3, 0.4) is 0 Å². The summed E-state index contributed by atoms with van der Waals surface area (Å²) in [6, 6.07) is 6.90. The Hall–Kier alpha value is -2.24. The summed E-state index contributed by atoms with van der Waals surface area (Å²) in [5.41, 5.74) is 0. The molecule has 21 heavy (non-hydrogen) atoms. The number of likely N-dealkylation sites (N-methyl/N-ethyl adjacent to an activating group) is 1. The van der Waals surface area contributed by atoms with Crippen molar-refractivity contribution in [2.75, 3.05) is 19.8 Å². The van der Waals surface area contributed by atoms with E-state index in [0.29, 0.717) is 18.9 Å². The zero-order valence-electron chi connectivity index (χ0n) is 12.5. The Balaban J connectivity index is 2.37. The normalized spacial score (nSPS) is 11.4. The SMILES string of the molecule is CCNC(=O)[C@H](C)OC(=O)COc1ccc(OCC)cc1. The van der Waals surface area contributed by atoms with E-state index in [1.54, 1.807) is 31.2 Å². The molecular formula is C15H21NO5. The molecule has 1 rings (SSSR count). The van der Waals surface area contributed by atoms with Crippen molar-refractivity contribution < 1.29 is 23.8 Å². The summed E-state index contributed by atoms with van der Waals surface area (Å²) in [7, 11) is 0. The zero-order chi connectivity index (χ0) is 15.7. The average molecular weight is 295 g/mol. The number of carbonyl (C=O) groups excluding carboxylic acids is 2. The van der Waals surface area contributed by atoms with E-state index in [1.807, 2.05) is 6.92 Å². The van der Waals surface area contributed by atoms with Gasteiger partial charge in [-0.15, -0.1) is 0 Å². The van der Waals surface area contributed by atoms with Gasteiger partial charge in [0.1, 0.15) is 11.5 Å². The standard InChI is InChI=1S/C15H21NO5/c1-4-16-15(18)11(3)21-14(17)10-20-13-8-6-12(7-9-13)19-5-2/h6-9,11H,4-5,10H2,1-3H3,(H,16,18)/t11-/m0/s1. The molecule has 0 heterocycles. The van der Waals surface area contributed by atoms with Crippen molar-refractivity contribution in [2.24, 2.45) is 0 Å². The van der Waals surface area contributed by atoms with Gasteiger partial charge in [0.05, 0.1) is 6.61 Å². The second-order valence-electron chi connectivity index (χ2n) is 4.22. The molecule has 0 aliphatic rings. The van der Waals surface area contributed by atoms with Crippen LogP contribution in [-0.4, -0.2) is 37.7 Å². The van der Waals surface area contributed by atoms with Gasteiger partial charge >= 0.3 is 5.97 Å². The molecule has 0 unspecified atom stereocenters. The van der Waals surface area contributed by atoms with E-state index in [2.05, 4.69) is 5.32 Å². The first-order valence-corrected chi connectivity index (χ1v) is 6.89. The van der Waals surface area contributed by atoms with E-state index in [4.69, 9.17) is 14.2 Å². The summed E-state index contributed by atoms with van der Waals surface area (Å²) in [5, 5.41) is 2.57. The van der Waals surface area contributed by atoms with E-state index < -0.39 is 12.1 Å². The van der Waals surface area contributed by atoms with Crippen molar-refractivity contribution >= 4 is 11.9 Å². The van der Waals surface area contributed by atoms with E-state index in [-0.39, 0.29) is 12.5 Å². The molecule has 1 aromatic carbocycles. The van der Waals surface area contributed by atoms with Crippen LogP contribution in [0.25, 0.3) is 0 Å². The number of carbonyl (C=O) groups is 2. The van der Waals surface area contributed by atoms with Gasteiger partial charge in [-0.05, 0) is 45.0 Å². The van der Waals surface area contributed by atoms with Crippen LogP contribution in [-0.2, 0) is 14.3 Å². The molecule has 0 fully saturated rings. The van der Waals surface area contributed by atoms with Crippen molar-refractivity contribution in [3.63, 3.8) is 0 Å². The number of hydrogen-bond donors (Lipinski definition) is 1. The third-order valence-corrected chi connectivity index (χ3v) is 2.52. The maximum absolute atomic E-state index is 11.6. The molecule has 1 atom stereocenters. The van der Waals surface area contributed by atoms with Gasteiger partial charge in [0.15, 0.2) is 12.7 Å². The highest BCUT2D eigenvalue weighted by atomic mass is 16.6. The van der Waals surface area contributed by atoms with E-state index in [9.17, 15) is 9.59 Å². The molecule has 0 aliphatic heterocycles. The molecule has 6 nitrogen and oxygen atoms in total. The van der Waals surface area contributed by atoms with E-state index >= 15 is 0 Å². The summed E-state index contributed by atoms with van der Waals surface area (Å²) in [5.74, 6) is 0.341. The van der Waals surface area contributed by atoms with Crippen LogP contribution < -0.4 is 14.8 Å². The van der Waals surface area contributed by atoms with Crippen LogP contribution in [0.2, 0.25) is 0 Å². The predicted octanol–water partition coefficient (Wildman–Crippen LogP) is 1.53. The predicted molar refractivity (Wildman–Crippen MR) is 77.3 cm³/mol. The zero-order valence-corrected chi connectivity index (χ0v) is 12.5. The molecule has 1 amide bonds. The number of hydrogen-bond acceptors (Lipinski definition) is 5. The van der Waals surface area contributed by atoms with Crippen LogP contribution in [0.1, 0.15) is 20.8 Å². The quantitative estimate of drug-likeness (QED) is 0.736. The molecule has 0 bridgehead atoms. The third kappa shape index (κ3) is 6.16. The van der Waals surface area contributed by atoms with Gasteiger partial charge in [0.25, 0.3) is 5.91 Å². The fourth-order valence-corrected chi connectivity index (χ4v) is 1.54.